The van der Waals surface area contributed by atoms with E-state index >= 15 is 0 Å². The number of benzene rings is 1. The first-order valence-electron chi connectivity index (χ1n) is 7.65. The number of hydrogen-bond donors (Lipinski definition) is 2. The van der Waals surface area contributed by atoms with Crippen LogP contribution < -0.4 is 15.5 Å². The van der Waals surface area contributed by atoms with Crippen molar-refractivity contribution in [2.24, 2.45) is 4.99 Å². The number of anilines is 1. The molecule has 1 aromatic carbocycles. The maximum absolute atomic E-state index is 14.2. The normalized spacial score (nSPS) is 10.5. The van der Waals surface area contributed by atoms with Crippen molar-refractivity contribution in [3.63, 3.8) is 0 Å². The lowest BCUT2D eigenvalue weighted by Gasteiger charge is -2.21. The summed E-state index contributed by atoms with van der Waals surface area (Å²) in [6, 6.07) is 5.27. The van der Waals surface area contributed by atoms with Crippen molar-refractivity contribution in [3.8, 4) is 12.3 Å². The third-order valence-corrected chi connectivity index (χ3v) is 3.24. The third kappa shape index (κ3) is 7.08. The SMILES string of the molecule is C#CCNC(=NCc1ccc(N(CC)CC)c(F)c1)NCC.I. The zero-order valence-corrected chi connectivity index (χ0v) is 16.4. The van der Waals surface area contributed by atoms with E-state index in [0.717, 1.165) is 25.2 Å². The zero-order valence-electron chi connectivity index (χ0n) is 14.0. The highest BCUT2D eigenvalue weighted by atomic mass is 127. The van der Waals surface area contributed by atoms with Crippen molar-refractivity contribution in [2.45, 2.75) is 27.3 Å². The van der Waals surface area contributed by atoms with E-state index in [4.69, 9.17) is 6.42 Å². The highest BCUT2D eigenvalue weighted by molar-refractivity contribution is 14.0. The molecule has 0 heterocycles. The smallest absolute Gasteiger partial charge is 0.192 e. The molecule has 128 valence electrons. The summed E-state index contributed by atoms with van der Waals surface area (Å²) >= 11 is 0. The van der Waals surface area contributed by atoms with Crippen molar-refractivity contribution < 1.29 is 4.39 Å². The lowest BCUT2D eigenvalue weighted by molar-refractivity contribution is 0.617. The van der Waals surface area contributed by atoms with E-state index in [-0.39, 0.29) is 29.8 Å². The minimum absolute atomic E-state index is 0. The Morgan fingerprint density at radius 3 is 2.48 bits per heavy atom. The third-order valence-electron chi connectivity index (χ3n) is 3.24. The Hall–Kier alpha value is -1.49. The first-order valence-corrected chi connectivity index (χ1v) is 7.65. The van der Waals surface area contributed by atoms with E-state index in [1.807, 2.05) is 37.8 Å². The molecule has 0 aliphatic carbocycles. The molecule has 0 radical (unpaired) electrons. The quantitative estimate of drug-likeness (QED) is 0.301. The van der Waals surface area contributed by atoms with Gasteiger partial charge in [-0.1, -0.05) is 12.0 Å². The fourth-order valence-electron chi connectivity index (χ4n) is 2.12. The van der Waals surface area contributed by atoms with Gasteiger partial charge in [0.2, 0.25) is 0 Å². The van der Waals surface area contributed by atoms with Crippen LogP contribution in [0.5, 0.6) is 0 Å². The molecule has 23 heavy (non-hydrogen) atoms. The van der Waals surface area contributed by atoms with E-state index in [9.17, 15) is 4.39 Å². The van der Waals surface area contributed by atoms with Gasteiger partial charge in [0, 0.05) is 19.6 Å². The Morgan fingerprint density at radius 1 is 1.26 bits per heavy atom. The molecule has 1 rings (SSSR count). The van der Waals surface area contributed by atoms with Gasteiger partial charge in [0.1, 0.15) is 5.82 Å². The van der Waals surface area contributed by atoms with Gasteiger partial charge in [0.15, 0.2) is 5.96 Å². The molecule has 2 N–H and O–H groups in total. The lowest BCUT2D eigenvalue weighted by Crippen LogP contribution is -2.37. The molecule has 0 saturated carbocycles. The molecule has 0 aromatic heterocycles. The van der Waals surface area contributed by atoms with Gasteiger partial charge in [-0.25, -0.2) is 9.38 Å². The van der Waals surface area contributed by atoms with Gasteiger partial charge in [0.05, 0.1) is 18.8 Å². The van der Waals surface area contributed by atoms with E-state index in [2.05, 4.69) is 21.5 Å². The van der Waals surface area contributed by atoms with Gasteiger partial charge in [-0.15, -0.1) is 30.4 Å². The minimum atomic E-state index is -0.210. The van der Waals surface area contributed by atoms with Gasteiger partial charge in [-0.3, -0.25) is 0 Å². The van der Waals surface area contributed by atoms with Crippen LogP contribution in [0, 0.1) is 18.2 Å². The number of rotatable bonds is 7. The maximum atomic E-state index is 14.2. The van der Waals surface area contributed by atoms with Crippen LogP contribution in [0.2, 0.25) is 0 Å². The lowest BCUT2D eigenvalue weighted by atomic mass is 10.2. The second-order valence-corrected chi connectivity index (χ2v) is 4.71. The molecule has 0 saturated heterocycles. The van der Waals surface area contributed by atoms with Gasteiger partial charge < -0.3 is 15.5 Å². The summed E-state index contributed by atoms with van der Waals surface area (Å²) in [5.41, 5.74) is 1.46. The van der Waals surface area contributed by atoms with Crippen LogP contribution in [0.1, 0.15) is 26.3 Å². The largest absolute Gasteiger partial charge is 0.370 e. The number of terminal acetylenes is 1. The van der Waals surface area contributed by atoms with Crippen molar-refractivity contribution in [3.05, 3.63) is 29.6 Å². The Morgan fingerprint density at radius 2 is 1.96 bits per heavy atom. The molecule has 0 fully saturated rings. The molecule has 0 aliphatic rings. The minimum Gasteiger partial charge on any atom is -0.370 e. The molecular weight excluding hydrogens is 406 g/mol. The van der Waals surface area contributed by atoms with E-state index < -0.39 is 0 Å². The molecule has 0 atom stereocenters. The summed E-state index contributed by atoms with van der Waals surface area (Å²) in [6.45, 7) is 9.12. The standard InChI is InChI=1S/C17H25FN4.HI/c1-5-11-20-17(19-6-2)21-13-14-9-10-16(15(18)12-14)22(7-3)8-4;/h1,9-10,12H,6-8,11,13H2,2-4H3,(H2,19,20,21);1H. The highest BCUT2D eigenvalue weighted by Gasteiger charge is 2.09. The molecule has 0 spiro atoms. The maximum Gasteiger partial charge on any atom is 0.192 e. The molecule has 0 aliphatic heterocycles. The average molecular weight is 432 g/mol. The molecule has 6 heteroatoms. The number of halogens is 2. The molecule has 0 unspecified atom stereocenters. The van der Waals surface area contributed by atoms with Crippen molar-refractivity contribution in [1.82, 2.24) is 10.6 Å². The predicted octanol–water partition coefficient (Wildman–Crippen LogP) is 2.98. The number of nitrogens with one attached hydrogen (secondary N) is 2. The summed E-state index contributed by atoms with van der Waals surface area (Å²) in [7, 11) is 0. The fraction of sp³-hybridized carbons (Fsp3) is 0.471. The Bertz CT molecular complexity index is 536. The zero-order chi connectivity index (χ0) is 16.4. The number of aliphatic imine (C=N–C) groups is 1. The first kappa shape index (κ1) is 21.5. The van der Waals surface area contributed by atoms with Crippen molar-refractivity contribution >= 4 is 35.6 Å². The van der Waals surface area contributed by atoms with Gasteiger partial charge in [-0.2, -0.15) is 0 Å². The second kappa shape index (κ2) is 12.0. The second-order valence-electron chi connectivity index (χ2n) is 4.71. The average Bonchev–Trinajstić information content (AvgIpc) is 2.53. The van der Waals surface area contributed by atoms with E-state index in [1.54, 1.807) is 6.07 Å². The number of hydrogen-bond acceptors (Lipinski definition) is 2. The van der Waals surface area contributed by atoms with Crippen LogP contribution in [0.4, 0.5) is 10.1 Å². The molecular formula is C17H26FIN4. The molecule has 1 aromatic rings. The van der Waals surface area contributed by atoms with Crippen LogP contribution in [0.15, 0.2) is 23.2 Å². The molecule has 0 amide bonds. The Kier molecular flexibility index (Phi) is 11.2. The topological polar surface area (TPSA) is 39.7 Å². The Labute approximate surface area is 156 Å². The fourth-order valence-corrected chi connectivity index (χ4v) is 2.12. The summed E-state index contributed by atoms with van der Waals surface area (Å²) in [5, 5.41) is 6.10. The van der Waals surface area contributed by atoms with Crippen molar-refractivity contribution in [1.29, 1.82) is 0 Å². The van der Waals surface area contributed by atoms with Gasteiger partial charge >= 0.3 is 0 Å². The highest BCUT2D eigenvalue weighted by Crippen LogP contribution is 2.20. The summed E-state index contributed by atoms with van der Waals surface area (Å²) < 4.78 is 14.2. The van der Waals surface area contributed by atoms with Crippen LogP contribution in [0.3, 0.4) is 0 Å². The number of nitrogens with zero attached hydrogens (tertiary/aromatic N) is 2. The Balaban J connectivity index is 0.00000484. The van der Waals surface area contributed by atoms with Gasteiger partial charge in [0.25, 0.3) is 0 Å². The van der Waals surface area contributed by atoms with E-state index in [0.29, 0.717) is 24.7 Å². The van der Waals surface area contributed by atoms with Crippen molar-refractivity contribution in [2.75, 3.05) is 31.1 Å². The monoisotopic (exact) mass is 432 g/mol. The first-order chi connectivity index (χ1) is 10.7. The summed E-state index contributed by atoms with van der Waals surface area (Å²) in [4.78, 5) is 6.38. The summed E-state index contributed by atoms with van der Waals surface area (Å²) in [6.07, 6.45) is 5.22. The summed E-state index contributed by atoms with van der Waals surface area (Å²) in [5.74, 6) is 2.92. The van der Waals surface area contributed by atoms with Crippen LogP contribution in [-0.2, 0) is 6.54 Å². The number of guanidine groups is 1. The molecule has 0 bridgehead atoms. The van der Waals surface area contributed by atoms with Crippen LogP contribution in [0.25, 0.3) is 0 Å². The van der Waals surface area contributed by atoms with E-state index in [1.165, 1.54) is 0 Å². The van der Waals surface area contributed by atoms with Crippen LogP contribution >= 0.6 is 24.0 Å². The van der Waals surface area contributed by atoms with Gasteiger partial charge in [-0.05, 0) is 38.5 Å². The van der Waals surface area contributed by atoms with Crippen LogP contribution in [-0.4, -0.2) is 32.1 Å². The predicted molar refractivity (Wildman–Crippen MR) is 107 cm³/mol. The molecule has 4 nitrogen and oxygen atoms in total.